The molecule has 0 aliphatic heterocycles. The predicted molar refractivity (Wildman–Crippen MR) is 82.2 cm³/mol. The number of nitrogens with two attached hydrogens (primary N) is 1. The van der Waals surface area contributed by atoms with E-state index in [0.717, 1.165) is 32.1 Å². The van der Waals surface area contributed by atoms with Gasteiger partial charge in [0.05, 0.1) is 0 Å². The molecule has 3 nitrogen and oxygen atoms in total. The number of aryl methyl sites for hydroxylation is 1. The normalized spacial score (nSPS) is 12.6. The highest BCUT2D eigenvalue weighted by molar-refractivity contribution is 8.01. The van der Waals surface area contributed by atoms with Gasteiger partial charge in [0, 0.05) is 16.0 Å². The molecule has 19 heavy (non-hydrogen) atoms. The van der Waals surface area contributed by atoms with E-state index in [-0.39, 0.29) is 6.04 Å². The SMILES string of the molecule is CCC(N)Cc1ccc(Cl)cc1Sc1nnc(C)s1. The minimum Gasteiger partial charge on any atom is -0.327 e. The average Bonchev–Trinajstić information content (AvgIpc) is 2.78. The number of aromatic nitrogens is 2. The molecule has 2 aromatic rings. The van der Waals surface area contributed by atoms with Gasteiger partial charge in [-0.25, -0.2) is 0 Å². The van der Waals surface area contributed by atoms with Gasteiger partial charge in [-0.05, 0) is 37.5 Å². The monoisotopic (exact) mass is 313 g/mol. The summed E-state index contributed by atoms with van der Waals surface area (Å²) in [5.41, 5.74) is 7.26. The number of hydrogen-bond acceptors (Lipinski definition) is 5. The van der Waals surface area contributed by atoms with E-state index >= 15 is 0 Å². The summed E-state index contributed by atoms with van der Waals surface area (Å²) in [5, 5.41) is 9.87. The summed E-state index contributed by atoms with van der Waals surface area (Å²) < 4.78 is 0.936. The highest BCUT2D eigenvalue weighted by Gasteiger charge is 2.11. The van der Waals surface area contributed by atoms with Crippen molar-refractivity contribution in [2.45, 2.75) is 42.0 Å². The molecule has 0 fully saturated rings. The standard InChI is InChI=1S/C13H16ClN3S2/c1-3-11(15)6-9-4-5-10(14)7-12(9)19-13-17-16-8(2)18-13/h4-5,7,11H,3,6,15H2,1-2H3. The maximum atomic E-state index is 6.08. The Balaban J connectivity index is 2.24. The molecule has 1 unspecified atom stereocenters. The fourth-order valence-corrected chi connectivity index (χ4v) is 3.82. The van der Waals surface area contributed by atoms with Crippen LogP contribution in [0.25, 0.3) is 0 Å². The lowest BCUT2D eigenvalue weighted by molar-refractivity contribution is 0.641. The third-order valence-corrected chi connectivity index (χ3v) is 4.97. The van der Waals surface area contributed by atoms with Gasteiger partial charge in [-0.2, -0.15) is 0 Å². The summed E-state index contributed by atoms with van der Waals surface area (Å²) in [6.45, 7) is 4.05. The van der Waals surface area contributed by atoms with Crippen LogP contribution in [0.5, 0.6) is 0 Å². The Bertz CT molecular complexity index is 557. The first kappa shape index (κ1) is 14.8. The molecule has 0 amide bonds. The summed E-state index contributed by atoms with van der Waals surface area (Å²) in [6.07, 6.45) is 1.82. The Morgan fingerprint density at radius 1 is 1.42 bits per heavy atom. The van der Waals surface area contributed by atoms with Crippen LogP contribution in [0.3, 0.4) is 0 Å². The van der Waals surface area contributed by atoms with Crippen molar-refractivity contribution < 1.29 is 0 Å². The summed E-state index contributed by atoms with van der Waals surface area (Å²) in [7, 11) is 0. The zero-order valence-electron chi connectivity index (χ0n) is 10.9. The minimum absolute atomic E-state index is 0.177. The second-order valence-corrected chi connectivity index (χ2v) is 7.22. The van der Waals surface area contributed by atoms with Gasteiger partial charge in [-0.15, -0.1) is 10.2 Å². The van der Waals surface area contributed by atoms with Crippen LogP contribution in [0.15, 0.2) is 27.4 Å². The van der Waals surface area contributed by atoms with Crippen molar-refractivity contribution in [3.63, 3.8) is 0 Å². The maximum Gasteiger partial charge on any atom is 0.179 e. The van der Waals surface area contributed by atoms with E-state index in [1.165, 1.54) is 5.56 Å². The van der Waals surface area contributed by atoms with Gasteiger partial charge in [-0.3, -0.25) is 0 Å². The third kappa shape index (κ3) is 4.18. The van der Waals surface area contributed by atoms with Crippen molar-refractivity contribution in [3.05, 3.63) is 33.8 Å². The molecule has 0 aliphatic carbocycles. The first-order chi connectivity index (χ1) is 9.08. The second kappa shape index (κ2) is 6.70. The smallest absolute Gasteiger partial charge is 0.179 e. The lowest BCUT2D eigenvalue weighted by Gasteiger charge is -2.12. The average molecular weight is 314 g/mol. The zero-order valence-corrected chi connectivity index (χ0v) is 13.3. The Labute approximate surface area is 126 Å². The van der Waals surface area contributed by atoms with E-state index in [1.807, 2.05) is 25.1 Å². The first-order valence-corrected chi connectivity index (χ1v) is 8.11. The topological polar surface area (TPSA) is 51.8 Å². The van der Waals surface area contributed by atoms with Gasteiger partial charge in [0.25, 0.3) is 0 Å². The van der Waals surface area contributed by atoms with Crippen LogP contribution in [0.2, 0.25) is 5.02 Å². The van der Waals surface area contributed by atoms with Crippen LogP contribution in [0.1, 0.15) is 23.9 Å². The van der Waals surface area contributed by atoms with Gasteiger partial charge in [0.1, 0.15) is 5.01 Å². The number of halogens is 1. The minimum atomic E-state index is 0.177. The molecule has 0 saturated heterocycles. The molecule has 0 bridgehead atoms. The molecule has 6 heteroatoms. The molecule has 0 saturated carbocycles. The molecule has 0 aliphatic rings. The largest absolute Gasteiger partial charge is 0.327 e. The lowest BCUT2D eigenvalue weighted by Crippen LogP contribution is -2.21. The van der Waals surface area contributed by atoms with Crippen molar-refractivity contribution in [2.75, 3.05) is 0 Å². The van der Waals surface area contributed by atoms with E-state index in [0.29, 0.717) is 0 Å². The van der Waals surface area contributed by atoms with Crippen LogP contribution in [-0.4, -0.2) is 16.2 Å². The quantitative estimate of drug-likeness (QED) is 0.908. The highest BCUT2D eigenvalue weighted by Crippen LogP contribution is 2.34. The van der Waals surface area contributed by atoms with Crippen molar-refractivity contribution in [1.29, 1.82) is 0 Å². The van der Waals surface area contributed by atoms with Gasteiger partial charge >= 0.3 is 0 Å². The van der Waals surface area contributed by atoms with Gasteiger partial charge < -0.3 is 5.73 Å². The number of benzene rings is 1. The Hall–Kier alpha value is -0.620. The van der Waals surface area contributed by atoms with E-state index in [9.17, 15) is 0 Å². The number of nitrogens with zero attached hydrogens (tertiary/aromatic N) is 2. The Morgan fingerprint density at radius 3 is 2.84 bits per heavy atom. The molecule has 0 spiro atoms. The van der Waals surface area contributed by atoms with E-state index in [2.05, 4.69) is 17.1 Å². The van der Waals surface area contributed by atoms with E-state index < -0.39 is 0 Å². The summed E-state index contributed by atoms with van der Waals surface area (Å²) in [5.74, 6) is 0. The van der Waals surface area contributed by atoms with E-state index in [1.54, 1.807) is 23.1 Å². The Morgan fingerprint density at radius 2 is 2.21 bits per heavy atom. The van der Waals surface area contributed by atoms with Crippen molar-refractivity contribution >= 4 is 34.7 Å². The molecule has 0 radical (unpaired) electrons. The van der Waals surface area contributed by atoms with Gasteiger partial charge in [0.2, 0.25) is 0 Å². The molecule has 1 heterocycles. The van der Waals surface area contributed by atoms with Crippen molar-refractivity contribution in [1.82, 2.24) is 10.2 Å². The van der Waals surface area contributed by atoms with Crippen LogP contribution < -0.4 is 5.73 Å². The molecular formula is C13H16ClN3S2. The molecule has 1 aromatic heterocycles. The molecule has 1 aromatic carbocycles. The number of rotatable bonds is 5. The van der Waals surface area contributed by atoms with Crippen molar-refractivity contribution in [3.8, 4) is 0 Å². The molecule has 2 rings (SSSR count). The molecular weight excluding hydrogens is 298 g/mol. The molecule has 1 atom stereocenters. The maximum absolute atomic E-state index is 6.08. The van der Waals surface area contributed by atoms with Crippen LogP contribution in [0.4, 0.5) is 0 Å². The number of hydrogen-bond donors (Lipinski definition) is 1. The highest BCUT2D eigenvalue weighted by atomic mass is 35.5. The summed E-state index contributed by atoms with van der Waals surface area (Å²) in [6, 6.07) is 6.11. The molecule has 102 valence electrons. The summed E-state index contributed by atoms with van der Waals surface area (Å²) in [4.78, 5) is 1.12. The van der Waals surface area contributed by atoms with Crippen LogP contribution >= 0.6 is 34.7 Å². The Kier molecular flexibility index (Phi) is 5.21. The van der Waals surface area contributed by atoms with Crippen LogP contribution in [0, 0.1) is 6.92 Å². The third-order valence-electron chi connectivity index (χ3n) is 2.74. The first-order valence-electron chi connectivity index (χ1n) is 6.10. The fraction of sp³-hybridized carbons (Fsp3) is 0.385. The zero-order chi connectivity index (χ0) is 13.8. The van der Waals surface area contributed by atoms with Gasteiger partial charge in [0.15, 0.2) is 4.34 Å². The summed E-state index contributed by atoms with van der Waals surface area (Å²) >= 11 is 9.28. The van der Waals surface area contributed by atoms with E-state index in [4.69, 9.17) is 17.3 Å². The fourth-order valence-electron chi connectivity index (χ4n) is 1.63. The van der Waals surface area contributed by atoms with Gasteiger partial charge in [-0.1, -0.05) is 47.7 Å². The second-order valence-electron chi connectivity index (χ2n) is 4.31. The van der Waals surface area contributed by atoms with Crippen molar-refractivity contribution in [2.24, 2.45) is 5.73 Å². The molecule has 2 N–H and O–H groups in total. The lowest BCUT2D eigenvalue weighted by atomic mass is 10.1. The van der Waals surface area contributed by atoms with Crippen LogP contribution in [-0.2, 0) is 6.42 Å². The predicted octanol–water partition coefficient (Wildman–Crippen LogP) is 3.93.